The van der Waals surface area contributed by atoms with Crippen LogP contribution in [0.1, 0.15) is 13.3 Å². The standard InChI is InChI=1S/C7H15NO/c1-2-3-8-4-7(5-8)6-9/h7,9H,2-6H2,1H3. The zero-order chi connectivity index (χ0) is 6.69. The van der Waals surface area contributed by atoms with Crippen LogP contribution in [0.25, 0.3) is 0 Å². The van der Waals surface area contributed by atoms with Crippen molar-refractivity contribution in [2.24, 2.45) is 5.92 Å². The van der Waals surface area contributed by atoms with E-state index in [-0.39, 0.29) is 0 Å². The first-order valence-corrected chi connectivity index (χ1v) is 3.70. The average molecular weight is 129 g/mol. The van der Waals surface area contributed by atoms with Gasteiger partial charge < -0.3 is 10.0 Å². The number of rotatable bonds is 3. The van der Waals surface area contributed by atoms with E-state index in [1.54, 1.807) is 0 Å². The van der Waals surface area contributed by atoms with Crippen molar-refractivity contribution in [3.63, 3.8) is 0 Å². The molecule has 0 radical (unpaired) electrons. The van der Waals surface area contributed by atoms with E-state index in [0.717, 1.165) is 13.1 Å². The summed E-state index contributed by atoms with van der Waals surface area (Å²) >= 11 is 0. The fourth-order valence-corrected chi connectivity index (χ4v) is 1.29. The van der Waals surface area contributed by atoms with Crippen molar-refractivity contribution in [2.45, 2.75) is 13.3 Å². The van der Waals surface area contributed by atoms with E-state index in [9.17, 15) is 0 Å². The highest BCUT2D eigenvalue weighted by Crippen LogP contribution is 2.13. The molecule has 0 aliphatic carbocycles. The van der Waals surface area contributed by atoms with Gasteiger partial charge in [-0.15, -0.1) is 0 Å². The first kappa shape index (κ1) is 7.03. The molecular weight excluding hydrogens is 114 g/mol. The first-order valence-electron chi connectivity index (χ1n) is 3.70. The third-order valence-electron chi connectivity index (χ3n) is 1.83. The minimum atomic E-state index is 0.375. The zero-order valence-electron chi connectivity index (χ0n) is 6.01. The smallest absolute Gasteiger partial charge is 0.0483 e. The Labute approximate surface area is 56.5 Å². The molecule has 2 heteroatoms. The lowest BCUT2D eigenvalue weighted by atomic mass is 10.0. The third kappa shape index (κ3) is 1.66. The van der Waals surface area contributed by atoms with Gasteiger partial charge in [0.1, 0.15) is 0 Å². The summed E-state index contributed by atoms with van der Waals surface area (Å²) in [5.41, 5.74) is 0. The van der Waals surface area contributed by atoms with Crippen LogP contribution in [0, 0.1) is 5.92 Å². The first-order chi connectivity index (χ1) is 4.36. The summed E-state index contributed by atoms with van der Waals surface area (Å²) in [6.45, 7) is 6.00. The molecule has 1 N–H and O–H groups in total. The minimum Gasteiger partial charge on any atom is -0.396 e. The lowest BCUT2D eigenvalue weighted by Gasteiger charge is -2.37. The van der Waals surface area contributed by atoms with Gasteiger partial charge in [0.05, 0.1) is 0 Å². The Bertz CT molecular complexity index is 79.0. The molecule has 0 bridgehead atoms. The quantitative estimate of drug-likeness (QED) is 0.593. The Kier molecular flexibility index (Phi) is 2.49. The van der Waals surface area contributed by atoms with E-state index < -0.39 is 0 Å². The molecule has 0 spiro atoms. The topological polar surface area (TPSA) is 23.5 Å². The van der Waals surface area contributed by atoms with Gasteiger partial charge in [0, 0.05) is 25.6 Å². The maximum atomic E-state index is 8.65. The summed E-state index contributed by atoms with van der Waals surface area (Å²) < 4.78 is 0. The number of likely N-dealkylation sites (tertiary alicyclic amines) is 1. The van der Waals surface area contributed by atoms with Crippen molar-refractivity contribution in [2.75, 3.05) is 26.2 Å². The third-order valence-corrected chi connectivity index (χ3v) is 1.83. The molecule has 1 saturated heterocycles. The van der Waals surface area contributed by atoms with Gasteiger partial charge in [-0.25, -0.2) is 0 Å². The molecule has 1 fully saturated rings. The molecular formula is C7H15NO. The molecule has 1 aliphatic heterocycles. The van der Waals surface area contributed by atoms with E-state index in [2.05, 4.69) is 11.8 Å². The largest absolute Gasteiger partial charge is 0.396 e. The second kappa shape index (κ2) is 3.18. The summed E-state index contributed by atoms with van der Waals surface area (Å²) in [5.74, 6) is 0.580. The SMILES string of the molecule is CCCN1CC(CO)C1. The second-order valence-corrected chi connectivity index (χ2v) is 2.81. The Balaban J connectivity index is 1.98. The summed E-state index contributed by atoms with van der Waals surface area (Å²) in [7, 11) is 0. The van der Waals surface area contributed by atoms with Gasteiger partial charge in [-0.1, -0.05) is 6.92 Å². The molecule has 9 heavy (non-hydrogen) atoms. The van der Waals surface area contributed by atoms with Crippen LogP contribution in [-0.2, 0) is 0 Å². The van der Waals surface area contributed by atoms with Gasteiger partial charge in [-0.2, -0.15) is 0 Å². The fraction of sp³-hybridized carbons (Fsp3) is 1.00. The van der Waals surface area contributed by atoms with Crippen molar-refractivity contribution in [3.8, 4) is 0 Å². The maximum absolute atomic E-state index is 8.65. The summed E-state index contributed by atoms with van der Waals surface area (Å²) in [6.07, 6.45) is 1.23. The number of hydrogen-bond acceptors (Lipinski definition) is 2. The fourth-order valence-electron chi connectivity index (χ4n) is 1.29. The predicted octanol–water partition coefficient (Wildman–Crippen LogP) is 0.321. The van der Waals surface area contributed by atoms with Gasteiger partial charge in [-0.05, 0) is 13.0 Å². The highest BCUT2D eigenvalue weighted by Gasteiger charge is 2.24. The molecule has 1 rings (SSSR count). The van der Waals surface area contributed by atoms with E-state index >= 15 is 0 Å². The molecule has 54 valence electrons. The minimum absolute atomic E-state index is 0.375. The van der Waals surface area contributed by atoms with Gasteiger partial charge in [-0.3, -0.25) is 0 Å². The Morgan fingerprint density at radius 1 is 1.56 bits per heavy atom. The highest BCUT2D eigenvalue weighted by atomic mass is 16.3. The zero-order valence-corrected chi connectivity index (χ0v) is 6.01. The van der Waals surface area contributed by atoms with Crippen LogP contribution in [0.2, 0.25) is 0 Å². The van der Waals surface area contributed by atoms with Gasteiger partial charge >= 0.3 is 0 Å². The van der Waals surface area contributed by atoms with Crippen molar-refractivity contribution >= 4 is 0 Å². The number of nitrogens with zero attached hydrogens (tertiary/aromatic N) is 1. The molecule has 0 unspecified atom stereocenters. The molecule has 0 aromatic carbocycles. The molecule has 1 aliphatic rings. The Morgan fingerprint density at radius 3 is 2.67 bits per heavy atom. The molecule has 0 aromatic heterocycles. The molecule has 0 amide bonds. The van der Waals surface area contributed by atoms with Crippen LogP contribution >= 0.6 is 0 Å². The maximum Gasteiger partial charge on any atom is 0.0483 e. The lowest BCUT2D eigenvalue weighted by Crippen LogP contribution is -2.48. The molecule has 2 nitrogen and oxygen atoms in total. The highest BCUT2D eigenvalue weighted by molar-refractivity contribution is 4.77. The van der Waals surface area contributed by atoms with Crippen LogP contribution in [0.5, 0.6) is 0 Å². The molecule has 0 saturated carbocycles. The molecule has 0 aromatic rings. The monoisotopic (exact) mass is 129 g/mol. The van der Waals surface area contributed by atoms with E-state index in [0.29, 0.717) is 12.5 Å². The van der Waals surface area contributed by atoms with Crippen molar-refractivity contribution in [1.82, 2.24) is 4.90 Å². The summed E-state index contributed by atoms with van der Waals surface area (Å²) in [6, 6.07) is 0. The average Bonchev–Trinajstić information content (AvgIpc) is 1.77. The van der Waals surface area contributed by atoms with Crippen molar-refractivity contribution < 1.29 is 5.11 Å². The van der Waals surface area contributed by atoms with E-state index in [1.807, 2.05) is 0 Å². The van der Waals surface area contributed by atoms with Crippen LogP contribution in [0.4, 0.5) is 0 Å². The van der Waals surface area contributed by atoms with Crippen LogP contribution in [0.15, 0.2) is 0 Å². The Morgan fingerprint density at radius 2 is 2.22 bits per heavy atom. The second-order valence-electron chi connectivity index (χ2n) is 2.81. The van der Waals surface area contributed by atoms with Crippen molar-refractivity contribution in [3.05, 3.63) is 0 Å². The molecule has 1 heterocycles. The van der Waals surface area contributed by atoms with Gasteiger partial charge in [0.2, 0.25) is 0 Å². The van der Waals surface area contributed by atoms with E-state index in [1.165, 1.54) is 13.0 Å². The van der Waals surface area contributed by atoms with Gasteiger partial charge in [0.15, 0.2) is 0 Å². The number of hydrogen-bond donors (Lipinski definition) is 1. The lowest BCUT2D eigenvalue weighted by molar-refractivity contribution is 0.0543. The normalized spacial score (nSPS) is 22.0. The summed E-state index contributed by atoms with van der Waals surface area (Å²) in [4.78, 5) is 2.38. The van der Waals surface area contributed by atoms with Crippen LogP contribution in [-0.4, -0.2) is 36.2 Å². The predicted molar refractivity (Wildman–Crippen MR) is 37.3 cm³/mol. The number of aliphatic hydroxyl groups is 1. The van der Waals surface area contributed by atoms with E-state index in [4.69, 9.17) is 5.11 Å². The van der Waals surface area contributed by atoms with Crippen LogP contribution in [0.3, 0.4) is 0 Å². The van der Waals surface area contributed by atoms with Crippen LogP contribution < -0.4 is 0 Å². The van der Waals surface area contributed by atoms with Gasteiger partial charge in [0.25, 0.3) is 0 Å². The number of aliphatic hydroxyl groups excluding tert-OH is 1. The molecule has 0 atom stereocenters. The summed E-state index contributed by atoms with van der Waals surface area (Å²) in [5, 5.41) is 8.65. The Hall–Kier alpha value is -0.0800. The van der Waals surface area contributed by atoms with Crippen molar-refractivity contribution in [1.29, 1.82) is 0 Å².